The van der Waals surface area contributed by atoms with Crippen LogP contribution in [0.4, 0.5) is 4.39 Å². The molecule has 2 nitrogen and oxygen atoms in total. The molecule has 2 aromatic carbocycles. The summed E-state index contributed by atoms with van der Waals surface area (Å²) in [5, 5.41) is 0.508. The van der Waals surface area contributed by atoms with Crippen molar-refractivity contribution in [1.29, 1.82) is 0 Å². The average molecular weight is 294 g/mol. The fraction of sp³-hybridized carbons (Fsp3) is 0.250. The zero-order chi connectivity index (χ0) is 14.5. The first-order valence-electron chi connectivity index (χ1n) is 6.43. The molecule has 1 unspecified atom stereocenters. The zero-order valence-corrected chi connectivity index (χ0v) is 12.0. The molecule has 0 amide bonds. The maximum absolute atomic E-state index is 13.2. The van der Waals surface area contributed by atoms with Gasteiger partial charge in [0.2, 0.25) is 0 Å². The van der Waals surface area contributed by atoms with E-state index < -0.39 is 0 Å². The summed E-state index contributed by atoms with van der Waals surface area (Å²) in [5.41, 5.74) is 7.91. The lowest BCUT2D eigenvalue weighted by atomic mass is 9.99. The Labute approximate surface area is 123 Å². The fourth-order valence-corrected chi connectivity index (χ4v) is 2.33. The van der Waals surface area contributed by atoms with E-state index in [0.717, 1.165) is 17.7 Å². The molecule has 2 rings (SSSR count). The summed E-state index contributed by atoms with van der Waals surface area (Å²) in [6, 6.07) is 11.8. The van der Waals surface area contributed by atoms with Crippen molar-refractivity contribution in [3.05, 3.63) is 64.4 Å². The van der Waals surface area contributed by atoms with E-state index in [0.29, 0.717) is 17.0 Å². The largest absolute Gasteiger partial charge is 0.497 e. The molecule has 0 heterocycles. The summed E-state index contributed by atoms with van der Waals surface area (Å²) in [6.45, 7) is 0. The lowest BCUT2D eigenvalue weighted by Gasteiger charge is -2.14. The molecule has 20 heavy (non-hydrogen) atoms. The molecular formula is C16H17ClFNO. The van der Waals surface area contributed by atoms with Gasteiger partial charge >= 0.3 is 0 Å². The van der Waals surface area contributed by atoms with Crippen LogP contribution >= 0.6 is 11.6 Å². The Morgan fingerprint density at radius 2 is 1.90 bits per heavy atom. The lowest BCUT2D eigenvalue weighted by Crippen LogP contribution is -2.12. The monoisotopic (exact) mass is 293 g/mol. The third-order valence-electron chi connectivity index (χ3n) is 3.26. The summed E-state index contributed by atoms with van der Waals surface area (Å²) in [5.74, 6) is 0.510. The first kappa shape index (κ1) is 14.8. The summed E-state index contributed by atoms with van der Waals surface area (Å²) in [7, 11) is 1.64. The Hall–Kier alpha value is -1.58. The van der Waals surface area contributed by atoms with Gasteiger partial charge in [0.1, 0.15) is 11.6 Å². The number of halogens is 2. The van der Waals surface area contributed by atoms with Crippen LogP contribution in [0, 0.1) is 5.82 Å². The molecule has 0 radical (unpaired) electrons. The minimum absolute atomic E-state index is 0.277. The van der Waals surface area contributed by atoms with E-state index in [1.807, 2.05) is 24.3 Å². The standard InChI is InChI=1S/C16H17ClFNO/c1-20-13-6-2-11(3-7-13)4-9-16(19)14-10-12(18)5-8-15(14)17/h2-3,5-8,10,16H,4,9,19H2,1H3. The normalized spacial score (nSPS) is 12.2. The van der Waals surface area contributed by atoms with Crippen LogP contribution < -0.4 is 10.5 Å². The predicted octanol–water partition coefficient (Wildman–Crippen LogP) is 4.12. The Balaban J connectivity index is 2.00. The van der Waals surface area contributed by atoms with Crippen LogP contribution in [-0.4, -0.2) is 7.11 Å². The van der Waals surface area contributed by atoms with Crippen molar-refractivity contribution in [2.24, 2.45) is 5.73 Å². The molecule has 2 N–H and O–H groups in total. The van der Waals surface area contributed by atoms with Gasteiger partial charge in [0, 0.05) is 11.1 Å². The molecule has 0 spiro atoms. The Kier molecular flexibility index (Phi) is 4.99. The molecule has 0 aliphatic carbocycles. The van der Waals surface area contributed by atoms with Crippen molar-refractivity contribution in [2.75, 3.05) is 7.11 Å². The van der Waals surface area contributed by atoms with Crippen molar-refractivity contribution in [1.82, 2.24) is 0 Å². The Morgan fingerprint density at radius 3 is 2.55 bits per heavy atom. The highest BCUT2D eigenvalue weighted by molar-refractivity contribution is 6.31. The first-order valence-corrected chi connectivity index (χ1v) is 6.81. The summed E-state index contributed by atoms with van der Waals surface area (Å²) in [4.78, 5) is 0. The smallest absolute Gasteiger partial charge is 0.123 e. The van der Waals surface area contributed by atoms with Gasteiger partial charge in [0.25, 0.3) is 0 Å². The SMILES string of the molecule is COc1ccc(CCC(N)c2cc(F)ccc2Cl)cc1. The molecule has 0 bridgehead atoms. The molecule has 1 atom stereocenters. The lowest BCUT2D eigenvalue weighted by molar-refractivity contribution is 0.414. The maximum atomic E-state index is 13.2. The minimum Gasteiger partial charge on any atom is -0.497 e. The molecule has 0 saturated heterocycles. The van der Waals surface area contributed by atoms with Gasteiger partial charge in [-0.15, -0.1) is 0 Å². The van der Waals surface area contributed by atoms with Gasteiger partial charge in [-0.3, -0.25) is 0 Å². The summed E-state index contributed by atoms with van der Waals surface area (Å²) in [6.07, 6.45) is 1.51. The molecule has 106 valence electrons. The quantitative estimate of drug-likeness (QED) is 0.900. The van der Waals surface area contributed by atoms with Crippen LogP contribution in [0.5, 0.6) is 5.75 Å². The number of benzene rings is 2. The topological polar surface area (TPSA) is 35.2 Å². The highest BCUT2D eigenvalue weighted by atomic mass is 35.5. The van der Waals surface area contributed by atoms with Gasteiger partial charge in [-0.25, -0.2) is 4.39 Å². The van der Waals surface area contributed by atoms with Crippen molar-refractivity contribution in [3.63, 3.8) is 0 Å². The maximum Gasteiger partial charge on any atom is 0.123 e. The Morgan fingerprint density at radius 1 is 1.20 bits per heavy atom. The molecule has 2 aromatic rings. The number of nitrogens with two attached hydrogens (primary N) is 1. The van der Waals surface area contributed by atoms with E-state index in [9.17, 15) is 4.39 Å². The second-order valence-corrected chi connectivity index (χ2v) is 5.07. The number of hydrogen-bond acceptors (Lipinski definition) is 2. The minimum atomic E-state index is -0.315. The molecule has 0 fully saturated rings. The van der Waals surface area contributed by atoms with Crippen LogP contribution in [0.2, 0.25) is 5.02 Å². The third kappa shape index (κ3) is 3.71. The van der Waals surface area contributed by atoms with Crippen LogP contribution in [0.25, 0.3) is 0 Å². The van der Waals surface area contributed by atoms with Gasteiger partial charge in [0.05, 0.1) is 7.11 Å². The van der Waals surface area contributed by atoms with Crippen molar-refractivity contribution >= 4 is 11.6 Å². The van der Waals surface area contributed by atoms with Crippen LogP contribution in [0.1, 0.15) is 23.6 Å². The molecule has 0 aliphatic rings. The second kappa shape index (κ2) is 6.73. The third-order valence-corrected chi connectivity index (χ3v) is 3.60. The van der Waals surface area contributed by atoms with Crippen molar-refractivity contribution in [2.45, 2.75) is 18.9 Å². The van der Waals surface area contributed by atoms with Crippen molar-refractivity contribution < 1.29 is 9.13 Å². The zero-order valence-electron chi connectivity index (χ0n) is 11.3. The molecule has 0 aromatic heterocycles. The molecule has 0 aliphatic heterocycles. The summed E-state index contributed by atoms with van der Waals surface area (Å²) >= 11 is 6.05. The van der Waals surface area contributed by atoms with E-state index >= 15 is 0 Å². The van der Waals surface area contributed by atoms with E-state index in [1.54, 1.807) is 13.2 Å². The van der Waals surface area contributed by atoms with Gasteiger partial charge in [-0.2, -0.15) is 0 Å². The van der Waals surface area contributed by atoms with Crippen LogP contribution in [0.3, 0.4) is 0 Å². The number of methoxy groups -OCH3 is 1. The predicted molar refractivity (Wildman–Crippen MR) is 79.7 cm³/mol. The number of hydrogen-bond donors (Lipinski definition) is 1. The van der Waals surface area contributed by atoms with Gasteiger partial charge < -0.3 is 10.5 Å². The molecule has 4 heteroatoms. The number of aryl methyl sites for hydroxylation is 1. The van der Waals surface area contributed by atoms with E-state index in [2.05, 4.69) is 0 Å². The van der Waals surface area contributed by atoms with E-state index in [4.69, 9.17) is 22.1 Å². The van der Waals surface area contributed by atoms with Gasteiger partial charge in [0.15, 0.2) is 0 Å². The van der Waals surface area contributed by atoms with Crippen LogP contribution in [-0.2, 0) is 6.42 Å². The number of rotatable bonds is 5. The first-order chi connectivity index (χ1) is 9.60. The van der Waals surface area contributed by atoms with Crippen LogP contribution in [0.15, 0.2) is 42.5 Å². The highest BCUT2D eigenvalue weighted by Crippen LogP contribution is 2.25. The van der Waals surface area contributed by atoms with Gasteiger partial charge in [-0.05, 0) is 54.3 Å². The van der Waals surface area contributed by atoms with Gasteiger partial charge in [-0.1, -0.05) is 23.7 Å². The fourth-order valence-electron chi connectivity index (χ4n) is 2.07. The highest BCUT2D eigenvalue weighted by Gasteiger charge is 2.11. The number of ether oxygens (including phenoxy) is 1. The Bertz CT molecular complexity index is 571. The molecule has 0 saturated carbocycles. The average Bonchev–Trinajstić information content (AvgIpc) is 2.47. The molecular weight excluding hydrogens is 277 g/mol. The van der Waals surface area contributed by atoms with E-state index in [1.165, 1.54) is 12.1 Å². The summed E-state index contributed by atoms with van der Waals surface area (Å²) < 4.78 is 18.3. The van der Waals surface area contributed by atoms with Crippen molar-refractivity contribution in [3.8, 4) is 5.75 Å². The van der Waals surface area contributed by atoms with E-state index in [-0.39, 0.29) is 11.9 Å². The second-order valence-electron chi connectivity index (χ2n) is 4.66.